The molecule has 6 nitrogen and oxygen atoms in total. The highest BCUT2D eigenvalue weighted by atomic mass is 16.6. The van der Waals surface area contributed by atoms with Gasteiger partial charge in [-0.25, -0.2) is 9.59 Å². The van der Waals surface area contributed by atoms with Gasteiger partial charge in [0.2, 0.25) is 0 Å². The number of carbonyl (C=O) groups excluding carboxylic acids is 1. The van der Waals surface area contributed by atoms with Crippen molar-refractivity contribution in [3.05, 3.63) is 0 Å². The second-order valence-corrected chi connectivity index (χ2v) is 4.85. The van der Waals surface area contributed by atoms with Crippen LogP contribution in [-0.4, -0.2) is 39.1 Å². The third-order valence-corrected chi connectivity index (χ3v) is 1.73. The van der Waals surface area contributed by atoms with E-state index in [0.717, 1.165) is 0 Å². The highest BCUT2D eigenvalue weighted by Crippen LogP contribution is 2.14. The van der Waals surface area contributed by atoms with Crippen LogP contribution in [0.1, 0.15) is 34.6 Å². The summed E-state index contributed by atoms with van der Waals surface area (Å²) in [6.45, 7) is 8.07. The number of hydrogen-bond donors (Lipinski definition) is 2. The first kappa shape index (κ1) is 14.7. The average Bonchev–Trinajstić information content (AvgIpc) is 1.98. The lowest BCUT2D eigenvalue weighted by Crippen LogP contribution is -2.47. The normalized spacial score (nSPS) is 13.4. The fourth-order valence-electron chi connectivity index (χ4n) is 1.09. The number of rotatable bonds is 3. The first-order valence-corrected chi connectivity index (χ1v) is 5.00. The number of carboxylic acids is 1. The SMILES string of the molecule is CC(C)C(C(=O)O)N(O)C(=O)OC(C)(C)C. The van der Waals surface area contributed by atoms with Crippen molar-refractivity contribution in [1.29, 1.82) is 0 Å². The van der Waals surface area contributed by atoms with Crippen molar-refractivity contribution in [2.45, 2.75) is 46.3 Å². The molecule has 0 spiro atoms. The van der Waals surface area contributed by atoms with Gasteiger partial charge in [0.05, 0.1) is 0 Å². The molecule has 0 fully saturated rings. The molecule has 0 saturated carbocycles. The van der Waals surface area contributed by atoms with Crippen molar-refractivity contribution in [2.24, 2.45) is 5.92 Å². The third kappa shape index (κ3) is 4.48. The van der Waals surface area contributed by atoms with Crippen molar-refractivity contribution >= 4 is 12.1 Å². The van der Waals surface area contributed by atoms with E-state index in [0.29, 0.717) is 0 Å². The van der Waals surface area contributed by atoms with E-state index in [2.05, 4.69) is 0 Å². The molecule has 0 aliphatic heterocycles. The molecule has 0 saturated heterocycles. The van der Waals surface area contributed by atoms with Crippen LogP contribution >= 0.6 is 0 Å². The summed E-state index contributed by atoms with van der Waals surface area (Å²) in [4.78, 5) is 22.2. The van der Waals surface area contributed by atoms with Gasteiger partial charge in [0.25, 0.3) is 0 Å². The summed E-state index contributed by atoms with van der Waals surface area (Å²) in [5.41, 5.74) is -0.780. The predicted molar refractivity (Wildman–Crippen MR) is 56.1 cm³/mol. The number of hydroxylamine groups is 2. The monoisotopic (exact) mass is 233 g/mol. The minimum atomic E-state index is -1.31. The second-order valence-electron chi connectivity index (χ2n) is 4.85. The largest absolute Gasteiger partial charge is 0.480 e. The molecule has 0 radical (unpaired) electrons. The Morgan fingerprint density at radius 2 is 1.69 bits per heavy atom. The van der Waals surface area contributed by atoms with Crippen molar-refractivity contribution in [3.63, 3.8) is 0 Å². The first-order chi connectivity index (χ1) is 7.06. The zero-order chi connectivity index (χ0) is 13.1. The van der Waals surface area contributed by atoms with Gasteiger partial charge >= 0.3 is 12.1 Å². The van der Waals surface area contributed by atoms with Crippen LogP contribution in [0.5, 0.6) is 0 Å². The van der Waals surface area contributed by atoms with E-state index >= 15 is 0 Å². The molecule has 0 aliphatic rings. The fraction of sp³-hybridized carbons (Fsp3) is 0.800. The highest BCUT2D eigenvalue weighted by molar-refractivity contribution is 5.79. The van der Waals surface area contributed by atoms with Crippen LogP contribution in [0.15, 0.2) is 0 Å². The van der Waals surface area contributed by atoms with Crippen LogP contribution < -0.4 is 0 Å². The van der Waals surface area contributed by atoms with Gasteiger partial charge in [-0.15, -0.1) is 0 Å². The van der Waals surface area contributed by atoms with Crippen molar-refractivity contribution < 1.29 is 24.6 Å². The highest BCUT2D eigenvalue weighted by Gasteiger charge is 2.34. The Labute approximate surface area is 94.8 Å². The molecule has 1 unspecified atom stereocenters. The molecular formula is C10H19NO5. The van der Waals surface area contributed by atoms with Gasteiger partial charge in [0.1, 0.15) is 5.60 Å². The Bertz CT molecular complexity index is 269. The molecule has 6 heteroatoms. The Hall–Kier alpha value is -1.30. The summed E-state index contributed by atoms with van der Waals surface area (Å²) in [5.74, 6) is -1.70. The number of carbonyl (C=O) groups is 2. The zero-order valence-corrected chi connectivity index (χ0v) is 10.2. The van der Waals surface area contributed by atoms with Gasteiger partial charge in [0, 0.05) is 0 Å². The Morgan fingerprint density at radius 3 is 1.94 bits per heavy atom. The number of hydrogen-bond acceptors (Lipinski definition) is 4. The van der Waals surface area contributed by atoms with Gasteiger partial charge in [-0.2, -0.15) is 5.06 Å². The molecule has 0 heterocycles. The van der Waals surface area contributed by atoms with Crippen LogP contribution in [0.4, 0.5) is 4.79 Å². The van der Waals surface area contributed by atoms with Gasteiger partial charge < -0.3 is 9.84 Å². The predicted octanol–water partition coefficient (Wildman–Crippen LogP) is 1.72. The summed E-state index contributed by atoms with van der Waals surface area (Å²) >= 11 is 0. The Balaban J connectivity index is 4.69. The maximum Gasteiger partial charge on any atom is 0.435 e. The van der Waals surface area contributed by atoms with E-state index < -0.39 is 29.6 Å². The molecule has 0 aliphatic carbocycles. The van der Waals surface area contributed by atoms with E-state index in [1.165, 1.54) is 0 Å². The van der Waals surface area contributed by atoms with Gasteiger partial charge in [0.15, 0.2) is 6.04 Å². The summed E-state index contributed by atoms with van der Waals surface area (Å²) in [7, 11) is 0. The van der Waals surface area contributed by atoms with E-state index in [-0.39, 0.29) is 5.06 Å². The first-order valence-electron chi connectivity index (χ1n) is 5.00. The minimum Gasteiger partial charge on any atom is -0.480 e. The summed E-state index contributed by atoms with van der Waals surface area (Å²) in [5, 5.41) is 18.4. The number of ether oxygens (including phenoxy) is 1. The van der Waals surface area contributed by atoms with E-state index in [1.54, 1.807) is 34.6 Å². The molecule has 0 aromatic rings. The topological polar surface area (TPSA) is 87.1 Å². The fourth-order valence-corrected chi connectivity index (χ4v) is 1.09. The summed E-state index contributed by atoms with van der Waals surface area (Å²) in [6.07, 6.45) is -1.06. The molecule has 1 amide bonds. The number of carboxylic acid groups (broad SMARTS) is 1. The molecule has 0 rings (SSSR count). The average molecular weight is 233 g/mol. The van der Waals surface area contributed by atoms with Crippen LogP contribution in [0.25, 0.3) is 0 Å². The maximum absolute atomic E-state index is 11.4. The lowest BCUT2D eigenvalue weighted by Gasteiger charge is -2.28. The molecule has 94 valence electrons. The summed E-state index contributed by atoms with van der Waals surface area (Å²) < 4.78 is 4.85. The zero-order valence-electron chi connectivity index (χ0n) is 10.2. The number of nitrogens with zero attached hydrogens (tertiary/aromatic N) is 1. The van der Waals surface area contributed by atoms with E-state index in [1.807, 2.05) is 0 Å². The standard InChI is InChI=1S/C10H19NO5/c1-6(2)7(8(12)13)11(15)9(14)16-10(3,4)5/h6-7,15H,1-5H3,(H,12,13). The number of aliphatic carboxylic acids is 1. The second kappa shape index (κ2) is 5.16. The quantitative estimate of drug-likeness (QED) is 0.572. The molecule has 16 heavy (non-hydrogen) atoms. The Kier molecular flexibility index (Phi) is 4.74. The van der Waals surface area contributed by atoms with Crippen LogP contribution in [0, 0.1) is 5.92 Å². The van der Waals surface area contributed by atoms with Crippen LogP contribution in [0.2, 0.25) is 0 Å². The smallest absolute Gasteiger partial charge is 0.435 e. The molecule has 0 aromatic carbocycles. The maximum atomic E-state index is 11.4. The van der Waals surface area contributed by atoms with Crippen LogP contribution in [0.3, 0.4) is 0 Å². The van der Waals surface area contributed by atoms with Crippen molar-refractivity contribution in [1.82, 2.24) is 5.06 Å². The van der Waals surface area contributed by atoms with Crippen molar-refractivity contribution in [3.8, 4) is 0 Å². The van der Waals surface area contributed by atoms with Crippen molar-refractivity contribution in [2.75, 3.05) is 0 Å². The van der Waals surface area contributed by atoms with E-state index in [4.69, 9.17) is 9.84 Å². The molecular weight excluding hydrogens is 214 g/mol. The molecule has 2 N–H and O–H groups in total. The molecule has 0 bridgehead atoms. The number of amides is 1. The van der Waals surface area contributed by atoms with Gasteiger partial charge in [-0.05, 0) is 26.7 Å². The Morgan fingerprint density at radius 1 is 1.25 bits per heavy atom. The lowest BCUT2D eigenvalue weighted by molar-refractivity contribution is -0.169. The van der Waals surface area contributed by atoms with E-state index in [9.17, 15) is 14.8 Å². The van der Waals surface area contributed by atoms with Gasteiger partial charge in [-0.3, -0.25) is 5.21 Å². The molecule has 0 aromatic heterocycles. The summed E-state index contributed by atoms with van der Waals surface area (Å²) in [6, 6.07) is -1.31. The van der Waals surface area contributed by atoms with Crippen LogP contribution in [-0.2, 0) is 9.53 Å². The molecule has 1 atom stereocenters. The lowest BCUT2D eigenvalue weighted by atomic mass is 10.1. The minimum absolute atomic E-state index is 0.123. The van der Waals surface area contributed by atoms with Gasteiger partial charge in [-0.1, -0.05) is 13.8 Å². The third-order valence-electron chi connectivity index (χ3n) is 1.73.